The standard InChI is InChI=1S/C15H30N2O/c1-3-4-5-6-10-14(18)17-15(12-16)11-8-7-9-13(15)2/h13H,3-12,16H2,1-2H3,(H,17,18). The molecule has 0 aliphatic heterocycles. The van der Waals surface area contributed by atoms with Gasteiger partial charge in [-0.05, 0) is 25.2 Å². The number of nitrogens with two attached hydrogens (primary N) is 1. The molecule has 0 bridgehead atoms. The first-order chi connectivity index (χ1) is 8.64. The summed E-state index contributed by atoms with van der Waals surface area (Å²) in [5, 5.41) is 3.24. The first-order valence-corrected chi connectivity index (χ1v) is 7.65. The summed E-state index contributed by atoms with van der Waals surface area (Å²) in [6.07, 6.45) is 9.97. The lowest BCUT2D eigenvalue weighted by atomic mass is 9.73. The number of rotatable bonds is 7. The van der Waals surface area contributed by atoms with Crippen molar-refractivity contribution in [1.82, 2.24) is 5.32 Å². The average Bonchev–Trinajstić information content (AvgIpc) is 2.37. The summed E-state index contributed by atoms with van der Waals surface area (Å²) < 4.78 is 0. The maximum Gasteiger partial charge on any atom is 0.220 e. The summed E-state index contributed by atoms with van der Waals surface area (Å²) in [4.78, 5) is 12.0. The molecule has 3 N–H and O–H groups in total. The van der Waals surface area contributed by atoms with Crippen LogP contribution in [0.1, 0.15) is 71.6 Å². The van der Waals surface area contributed by atoms with Gasteiger partial charge in [0.15, 0.2) is 0 Å². The highest BCUT2D eigenvalue weighted by atomic mass is 16.1. The van der Waals surface area contributed by atoms with Crippen LogP contribution in [0.3, 0.4) is 0 Å². The number of unbranched alkanes of at least 4 members (excludes halogenated alkanes) is 3. The van der Waals surface area contributed by atoms with Crippen molar-refractivity contribution >= 4 is 5.91 Å². The monoisotopic (exact) mass is 254 g/mol. The number of hydrogen-bond donors (Lipinski definition) is 2. The number of carbonyl (C=O) groups is 1. The molecule has 3 nitrogen and oxygen atoms in total. The second-order valence-corrected chi connectivity index (χ2v) is 5.87. The third-order valence-electron chi connectivity index (χ3n) is 4.46. The number of amides is 1. The highest BCUT2D eigenvalue weighted by Crippen LogP contribution is 2.32. The lowest BCUT2D eigenvalue weighted by Crippen LogP contribution is -2.59. The van der Waals surface area contributed by atoms with E-state index in [2.05, 4.69) is 19.2 Å². The Morgan fingerprint density at radius 2 is 2.11 bits per heavy atom. The summed E-state index contributed by atoms with van der Waals surface area (Å²) in [7, 11) is 0. The minimum Gasteiger partial charge on any atom is -0.349 e. The molecule has 1 aliphatic carbocycles. The number of hydrogen-bond acceptors (Lipinski definition) is 2. The van der Waals surface area contributed by atoms with Crippen molar-refractivity contribution in [2.75, 3.05) is 6.54 Å². The van der Waals surface area contributed by atoms with Gasteiger partial charge in [-0.2, -0.15) is 0 Å². The van der Waals surface area contributed by atoms with E-state index in [0.717, 1.165) is 19.3 Å². The molecule has 1 saturated carbocycles. The van der Waals surface area contributed by atoms with Gasteiger partial charge in [-0.3, -0.25) is 4.79 Å². The molecule has 2 unspecified atom stereocenters. The van der Waals surface area contributed by atoms with Gasteiger partial charge in [-0.15, -0.1) is 0 Å². The normalized spacial score (nSPS) is 28.1. The second-order valence-electron chi connectivity index (χ2n) is 5.87. The molecule has 106 valence electrons. The largest absolute Gasteiger partial charge is 0.349 e. The average molecular weight is 254 g/mol. The smallest absolute Gasteiger partial charge is 0.220 e. The summed E-state index contributed by atoms with van der Waals surface area (Å²) in [6.45, 7) is 4.99. The van der Waals surface area contributed by atoms with Crippen LogP contribution in [0.15, 0.2) is 0 Å². The van der Waals surface area contributed by atoms with Crippen LogP contribution in [0.2, 0.25) is 0 Å². The maximum absolute atomic E-state index is 12.0. The van der Waals surface area contributed by atoms with Crippen LogP contribution in [0.25, 0.3) is 0 Å². The number of carbonyl (C=O) groups excluding carboxylic acids is 1. The van der Waals surface area contributed by atoms with E-state index >= 15 is 0 Å². The van der Waals surface area contributed by atoms with E-state index in [0.29, 0.717) is 18.9 Å². The Kier molecular flexibility index (Phi) is 6.69. The molecule has 0 spiro atoms. The van der Waals surface area contributed by atoms with Crippen molar-refractivity contribution in [1.29, 1.82) is 0 Å². The molecule has 0 radical (unpaired) electrons. The van der Waals surface area contributed by atoms with E-state index in [9.17, 15) is 4.79 Å². The Balaban J connectivity index is 2.39. The predicted molar refractivity (Wildman–Crippen MR) is 76.3 cm³/mol. The predicted octanol–water partition coefficient (Wildman–Crippen LogP) is 2.98. The van der Waals surface area contributed by atoms with Crippen LogP contribution >= 0.6 is 0 Å². The molecular weight excluding hydrogens is 224 g/mol. The van der Waals surface area contributed by atoms with Gasteiger partial charge in [0.1, 0.15) is 0 Å². The van der Waals surface area contributed by atoms with Crippen LogP contribution in [0.5, 0.6) is 0 Å². The summed E-state index contributed by atoms with van der Waals surface area (Å²) >= 11 is 0. The highest BCUT2D eigenvalue weighted by molar-refractivity contribution is 5.76. The fraction of sp³-hybridized carbons (Fsp3) is 0.933. The fourth-order valence-electron chi connectivity index (χ4n) is 3.01. The third kappa shape index (κ3) is 4.27. The Morgan fingerprint density at radius 1 is 1.33 bits per heavy atom. The van der Waals surface area contributed by atoms with Gasteiger partial charge in [0.2, 0.25) is 5.91 Å². The molecule has 2 atom stereocenters. The minimum absolute atomic E-state index is 0.125. The van der Waals surface area contributed by atoms with E-state index < -0.39 is 0 Å². The Labute approximate surface area is 112 Å². The molecule has 1 fully saturated rings. The first kappa shape index (κ1) is 15.5. The zero-order valence-corrected chi connectivity index (χ0v) is 12.1. The zero-order valence-electron chi connectivity index (χ0n) is 12.1. The van der Waals surface area contributed by atoms with E-state index in [-0.39, 0.29) is 11.4 Å². The van der Waals surface area contributed by atoms with Gasteiger partial charge in [0.25, 0.3) is 0 Å². The molecule has 1 rings (SSSR count). The van der Waals surface area contributed by atoms with Gasteiger partial charge in [0.05, 0.1) is 5.54 Å². The zero-order chi connectivity index (χ0) is 13.4. The van der Waals surface area contributed by atoms with Gasteiger partial charge >= 0.3 is 0 Å². The van der Waals surface area contributed by atoms with Crippen molar-refractivity contribution < 1.29 is 4.79 Å². The maximum atomic E-state index is 12.0. The molecule has 3 heteroatoms. The van der Waals surface area contributed by atoms with Gasteiger partial charge in [-0.1, -0.05) is 46.0 Å². The van der Waals surface area contributed by atoms with Crippen molar-refractivity contribution in [2.45, 2.75) is 77.2 Å². The van der Waals surface area contributed by atoms with Gasteiger partial charge in [0, 0.05) is 13.0 Å². The number of nitrogens with one attached hydrogen (secondary N) is 1. The highest BCUT2D eigenvalue weighted by Gasteiger charge is 2.37. The molecular formula is C15H30N2O. The topological polar surface area (TPSA) is 55.1 Å². The SMILES string of the molecule is CCCCCCC(=O)NC1(CN)CCCCC1C. The van der Waals surface area contributed by atoms with Gasteiger partial charge in [-0.25, -0.2) is 0 Å². The molecule has 0 saturated heterocycles. The lowest BCUT2D eigenvalue weighted by molar-refractivity contribution is -0.124. The molecule has 0 aromatic carbocycles. The van der Waals surface area contributed by atoms with Crippen LogP contribution < -0.4 is 11.1 Å². The van der Waals surface area contributed by atoms with Crippen molar-refractivity contribution in [3.05, 3.63) is 0 Å². The summed E-state index contributed by atoms with van der Waals surface area (Å²) in [5.41, 5.74) is 5.81. The Morgan fingerprint density at radius 3 is 2.72 bits per heavy atom. The lowest BCUT2D eigenvalue weighted by Gasteiger charge is -2.42. The first-order valence-electron chi connectivity index (χ1n) is 7.65. The van der Waals surface area contributed by atoms with E-state index in [4.69, 9.17) is 5.73 Å². The van der Waals surface area contributed by atoms with Crippen molar-refractivity contribution in [3.63, 3.8) is 0 Å². The van der Waals surface area contributed by atoms with Crippen molar-refractivity contribution in [2.24, 2.45) is 11.7 Å². The molecule has 1 amide bonds. The molecule has 1 aliphatic rings. The van der Waals surface area contributed by atoms with Crippen LogP contribution in [0.4, 0.5) is 0 Å². The quantitative estimate of drug-likeness (QED) is 0.686. The minimum atomic E-state index is -0.125. The van der Waals surface area contributed by atoms with Gasteiger partial charge < -0.3 is 11.1 Å². The van der Waals surface area contributed by atoms with E-state index in [1.165, 1.54) is 32.1 Å². The van der Waals surface area contributed by atoms with Crippen LogP contribution in [-0.4, -0.2) is 18.0 Å². The van der Waals surface area contributed by atoms with Crippen LogP contribution in [-0.2, 0) is 4.79 Å². The third-order valence-corrected chi connectivity index (χ3v) is 4.46. The van der Waals surface area contributed by atoms with Crippen molar-refractivity contribution in [3.8, 4) is 0 Å². The van der Waals surface area contributed by atoms with E-state index in [1.54, 1.807) is 0 Å². The second kappa shape index (κ2) is 7.78. The molecule has 0 heterocycles. The Hall–Kier alpha value is -0.570. The van der Waals surface area contributed by atoms with Crippen LogP contribution in [0, 0.1) is 5.92 Å². The summed E-state index contributed by atoms with van der Waals surface area (Å²) in [6, 6.07) is 0. The molecule has 0 aromatic heterocycles. The molecule has 18 heavy (non-hydrogen) atoms. The Bertz CT molecular complexity index is 255. The van der Waals surface area contributed by atoms with E-state index in [1.807, 2.05) is 0 Å². The summed E-state index contributed by atoms with van der Waals surface area (Å²) in [5.74, 6) is 0.709. The fourth-order valence-corrected chi connectivity index (χ4v) is 3.01. The molecule has 0 aromatic rings.